The van der Waals surface area contributed by atoms with E-state index in [2.05, 4.69) is 15.6 Å². The minimum atomic E-state index is -0.0302. The van der Waals surface area contributed by atoms with Crippen LogP contribution in [0.5, 0.6) is 0 Å². The average molecular weight is 278 g/mol. The van der Waals surface area contributed by atoms with Gasteiger partial charge in [-0.3, -0.25) is 4.79 Å². The van der Waals surface area contributed by atoms with Gasteiger partial charge in [0.05, 0.1) is 12.1 Å². The molecule has 2 rings (SSSR count). The highest BCUT2D eigenvalue weighted by Crippen LogP contribution is 2.19. The summed E-state index contributed by atoms with van der Waals surface area (Å²) in [6, 6.07) is 2.28. The molecule has 0 unspecified atom stereocenters. The van der Waals surface area contributed by atoms with Crippen LogP contribution in [0.3, 0.4) is 0 Å². The molecular weight excluding hydrogens is 260 g/mol. The molecular formula is C13H18N4OS. The van der Waals surface area contributed by atoms with Crippen molar-refractivity contribution < 1.29 is 4.79 Å². The summed E-state index contributed by atoms with van der Waals surface area (Å²) < 4.78 is 0. The Morgan fingerprint density at radius 2 is 2.21 bits per heavy atom. The van der Waals surface area contributed by atoms with Crippen molar-refractivity contribution in [2.24, 2.45) is 5.73 Å². The molecule has 4 N–H and O–H groups in total. The highest BCUT2D eigenvalue weighted by atomic mass is 32.1. The lowest BCUT2D eigenvalue weighted by molar-refractivity contribution is -0.119. The number of nitrogens with one attached hydrogen (secondary N) is 2. The molecule has 1 fully saturated rings. The van der Waals surface area contributed by atoms with Crippen molar-refractivity contribution in [3.63, 3.8) is 0 Å². The molecule has 1 saturated carbocycles. The van der Waals surface area contributed by atoms with Crippen molar-refractivity contribution in [2.45, 2.75) is 32.7 Å². The van der Waals surface area contributed by atoms with Crippen LogP contribution in [-0.2, 0) is 4.79 Å². The molecule has 0 atom stereocenters. The third kappa shape index (κ3) is 3.64. The summed E-state index contributed by atoms with van der Waals surface area (Å²) in [6.45, 7) is 4.01. The molecule has 0 bridgehead atoms. The lowest BCUT2D eigenvalue weighted by Crippen LogP contribution is -2.32. The quantitative estimate of drug-likeness (QED) is 0.701. The Balaban J connectivity index is 2.09. The topological polar surface area (TPSA) is 80.0 Å². The highest BCUT2D eigenvalue weighted by molar-refractivity contribution is 7.80. The average Bonchev–Trinajstić information content (AvgIpc) is 3.08. The van der Waals surface area contributed by atoms with Gasteiger partial charge in [0.25, 0.3) is 0 Å². The number of anilines is 1. The Morgan fingerprint density at radius 1 is 1.53 bits per heavy atom. The van der Waals surface area contributed by atoms with Crippen molar-refractivity contribution in [3.8, 4) is 0 Å². The van der Waals surface area contributed by atoms with E-state index in [4.69, 9.17) is 18.0 Å². The van der Waals surface area contributed by atoms with Crippen molar-refractivity contribution in [1.82, 2.24) is 10.3 Å². The maximum absolute atomic E-state index is 11.7. The highest BCUT2D eigenvalue weighted by Gasteiger charge is 2.23. The summed E-state index contributed by atoms with van der Waals surface area (Å²) >= 11 is 5.04. The number of aromatic nitrogens is 1. The number of hydrogen-bond donors (Lipinski definition) is 3. The van der Waals surface area contributed by atoms with E-state index in [9.17, 15) is 4.79 Å². The van der Waals surface area contributed by atoms with Crippen LogP contribution in [0.15, 0.2) is 6.07 Å². The van der Waals surface area contributed by atoms with E-state index in [1.165, 1.54) is 0 Å². The van der Waals surface area contributed by atoms with Gasteiger partial charge in [0.15, 0.2) is 0 Å². The second kappa shape index (κ2) is 5.52. The van der Waals surface area contributed by atoms with E-state index in [0.29, 0.717) is 17.4 Å². The molecule has 0 radical (unpaired) electrons. The van der Waals surface area contributed by atoms with Gasteiger partial charge in [-0.1, -0.05) is 12.2 Å². The van der Waals surface area contributed by atoms with Gasteiger partial charge in [0.2, 0.25) is 5.91 Å². The predicted octanol–water partition coefficient (Wildman–Crippen LogP) is 1.02. The van der Waals surface area contributed by atoms with Crippen molar-refractivity contribution in [3.05, 3.63) is 22.9 Å². The van der Waals surface area contributed by atoms with Gasteiger partial charge in [-0.2, -0.15) is 0 Å². The van der Waals surface area contributed by atoms with Gasteiger partial charge < -0.3 is 16.4 Å². The molecule has 1 aliphatic rings. The van der Waals surface area contributed by atoms with E-state index in [1.54, 1.807) is 0 Å². The number of carbonyl (C=O) groups is 1. The van der Waals surface area contributed by atoms with Gasteiger partial charge in [-0.15, -0.1) is 0 Å². The Bertz CT molecular complexity index is 526. The molecule has 1 aromatic rings. The second-order valence-electron chi connectivity index (χ2n) is 4.86. The number of thiocarbonyl (C=S) groups is 1. The smallest absolute Gasteiger partial charge is 0.239 e. The molecule has 6 heteroatoms. The zero-order valence-corrected chi connectivity index (χ0v) is 11.9. The van der Waals surface area contributed by atoms with Gasteiger partial charge >= 0.3 is 0 Å². The molecule has 5 nitrogen and oxygen atoms in total. The number of nitrogens with two attached hydrogens (primary N) is 1. The van der Waals surface area contributed by atoms with Crippen LogP contribution in [-0.4, -0.2) is 28.5 Å². The van der Waals surface area contributed by atoms with Crippen molar-refractivity contribution in [1.29, 1.82) is 0 Å². The Labute approximate surface area is 118 Å². The fraction of sp³-hybridized carbons (Fsp3) is 0.462. The lowest BCUT2D eigenvalue weighted by atomic mass is 10.1. The van der Waals surface area contributed by atoms with Crippen molar-refractivity contribution >= 4 is 28.9 Å². The third-order valence-electron chi connectivity index (χ3n) is 2.95. The number of rotatable bonds is 5. The van der Waals surface area contributed by atoms with Crippen LogP contribution in [0.1, 0.15) is 29.7 Å². The largest absolute Gasteiger partial charge is 0.389 e. The first-order valence-electron chi connectivity index (χ1n) is 6.28. The summed E-state index contributed by atoms with van der Waals surface area (Å²) in [6.07, 6.45) is 2.15. The SMILES string of the molecule is Cc1cc(C)c(C(N)=S)c(NCC(=O)NC2CC2)n1. The normalized spacial score (nSPS) is 14.0. The van der Waals surface area contributed by atoms with Crippen LogP contribution in [0.2, 0.25) is 0 Å². The van der Waals surface area contributed by atoms with E-state index in [-0.39, 0.29) is 17.4 Å². The molecule has 0 aliphatic heterocycles. The molecule has 0 saturated heterocycles. The molecule has 0 spiro atoms. The lowest BCUT2D eigenvalue weighted by Gasteiger charge is -2.13. The van der Waals surface area contributed by atoms with Gasteiger partial charge in [-0.25, -0.2) is 4.98 Å². The second-order valence-corrected chi connectivity index (χ2v) is 5.30. The molecule has 1 aliphatic carbocycles. The summed E-state index contributed by atoms with van der Waals surface area (Å²) in [5.74, 6) is 0.549. The maximum atomic E-state index is 11.7. The minimum absolute atomic E-state index is 0.0302. The van der Waals surface area contributed by atoms with Crippen LogP contribution in [0, 0.1) is 13.8 Å². The van der Waals surface area contributed by atoms with Gasteiger partial charge in [-0.05, 0) is 38.3 Å². The van der Waals surface area contributed by atoms with Crippen molar-refractivity contribution in [2.75, 3.05) is 11.9 Å². The number of nitrogens with zero attached hydrogens (tertiary/aromatic N) is 1. The zero-order valence-electron chi connectivity index (χ0n) is 11.1. The fourth-order valence-electron chi connectivity index (χ4n) is 1.95. The Kier molecular flexibility index (Phi) is 3.99. The number of carbonyl (C=O) groups excluding carboxylic acids is 1. The van der Waals surface area contributed by atoms with Gasteiger partial charge in [0, 0.05) is 11.7 Å². The first-order chi connectivity index (χ1) is 8.97. The molecule has 1 aromatic heterocycles. The molecule has 0 aromatic carbocycles. The van der Waals surface area contributed by atoms with E-state index < -0.39 is 0 Å². The zero-order chi connectivity index (χ0) is 14.0. The predicted molar refractivity (Wildman–Crippen MR) is 79.3 cm³/mol. The number of aryl methyl sites for hydroxylation is 2. The fourth-order valence-corrected chi connectivity index (χ4v) is 2.20. The summed E-state index contributed by atoms with van der Waals surface area (Å²) in [5, 5.41) is 5.93. The minimum Gasteiger partial charge on any atom is -0.389 e. The number of pyridine rings is 1. The van der Waals surface area contributed by atoms with E-state index in [0.717, 1.165) is 24.1 Å². The first kappa shape index (κ1) is 13.7. The first-order valence-corrected chi connectivity index (χ1v) is 6.69. The number of hydrogen-bond acceptors (Lipinski definition) is 4. The molecule has 19 heavy (non-hydrogen) atoms. The Hall–Kier alpha value is -1.69. The summed E-state index contributed by atoms with van der Waals surface area (Å²) in [5.41, 5.74) is 8.25. The van der Waals surface area contributed by atoms with Gasteiger partial charge in [0.1, 0.15) is 10.8 Å². The third-order valence-corrected chi connectivity index (χ3v) is 3.15. The standard InChI is InChI=1S/C13H18N4OS/c1-7-5-8(2)16-13(11(7)12(14)19)15-6-10(18)17-9-3-4-9/h5,9H,3-4,6H2,1-2H3,(H2,14,19)(H,15,16)(H,17,18). The van der Waals surface area contributed by atoms with Crippen LogP contribution in [0.25, 0.3) is 0 Å². The molecule has 1 amide bonds. The monoisotopic (exact) mass is 278 g/mol. The van der Waals surface area contributed by atoms with Crippen LogP contribution in [0.4, 0.5) is 5.82 Å². The molecule has 102 valence electrons. The maximum Gasteiger partial charge on any atom is 0.239 e. The van der Waals surface area contributed by atoms with Crippen LogP contribution >= 0.6 is 12.2 Å². The summed E-state index contributed by atoms with van der Waals surface area (Å²) in [4.78, 5) is 16.3. The van der Waals surface area contributed by atoms with E-state index >= 15 is 0 Å². The summed E-state index contributed by atoms with van der Waals surface area (Å²) in [7, 11) is 0. The number of amides is 1. The Morgan fingerprint density at radius 3 is 2.79 bits per heavy atom. The van der Waals surface area contributed by atoms with E-state index in [1.807, 2.05) is 19.9 Å². The van der Waals surface area contributed by atoms with Crippen LogP contribution < -0.4 is 16.4 Å². The molecule has 1 heterocycles.